The van der Waals surface area contributed by atoms with Gasteiger partial charge < -0.3 is 9.67 Å². The molecule has 0 radical (unpaired) electrons. The molecule has 2 aromatic heterocycles. The number of nitriles is 1. The second-order valence-corrected chi connectivity index (χ2v) is 9.15. The van der Waals surface area contributed by atoms with Crippen LogP contribution in [0.3, 0.4) is 0 Å². The lowest BCUT2D eigenvalue weighted by Crippen LogP contribution is -2.26. The molecule has 1 amide bonds. The number of benzene rings is 2. The van der Waals surface area contributed by atoms with E-state index in [4.69, 9.17) is 5.26 Å². The van der Waals surface area contributed by atoms with Crippen LogP contribution in [0.25, 0.3) is 11.0 Å². The van der Waals surface area contributed by atoms with Crippen LogP contribution in [0.15, 0.2) is 63.1 Å². The molecule has 4 rings (SSSR count). The van der Waals surface area contributed by atoms with Crippen molar-refractivity contribution in [2.75, 3.05) is 4.90 Å². The Kier molecular flexibility index (Phi) is 5.91. The number of carboxylic acid groups (broad SMARTS) is 1. The normalized spacial score (nSPS) is 10.8. The van der Waals surface area contributed by atoms with Crippen molar-refractivity contribution in [3.05, 3.63) is 69.8 Å². The van der Waals surface area contributed by atoms with Gasteiger partial charge in [-0.15, -0.1) is 0 Å². The molecule has 0 saturated heterocycles. The minimum absolute atomic E-state index is 0.0517. The van der Waals surface area contributed by atoms with E-state index in [0.29, 0.717) is 21.8 Å². The molecule has 2 aromatic carbocycles. The predicted octanol–water partition coefficient (Wildman–Crippen LogP) is 6.19. The Morgan fingerprint density at radius 1 is 1.16 bits per heavy atom. The summed E-state index contributed by atoms with van der Waals surface area (Å²) >= 11 is 5.02. The van der Waals surface area contributed by atoms with Gasteiger partial charge in [-0.25, -0.2) is 19.7 Å². The number of hydrogen-bond acceptors (Lipinski definition) is 5. The number of aromatic nitrogens is 3. The molecule has 0 atom stereocenters. The Hall–Kier alpha value is -3.35. The zero-order valence-corrected chi connectivity index (χ0v) is 19.9. The highest BCUT2D eigenvalue weighted by Gasteiger charge is 2.23. The maximum Gasteiger partial charge on any atom is 0.418 e. The predicted molar refractivity (Wildman–Crippen MR) is 128 cm³/mol. The Labute approximate surface area is 197 Å². The van der Waals surface area contributed by atoms with E-state index in [2.05, 4.69) is 25.9 Å². The minimum atomic E-state index is -1.21. The fourth-order valence-electron chi connectivity index (χ4n) is 3.47. The van der Waals surface area contributed by atoms with Crippen molar-refractivity contribution < 1.29 is 9.90 Å². The smallest absolute Gasteiger partial charge is 0.418 e. The molecular formula is C23H18BrN5O2S. The molecule has 32 heavy (non-hydrogen) atoms. The van der Waals surface area contributed by atoms with E-state index in [1.54, 1.807) is 24.3 Å². The van der Waals surface area contributed by atoms with Gasteiger partial charge in [0, 0.05) is 22.6 Å². The van der Waals surface area contributed by atoms with Gasteiger partial charge in [0.25, 0.3) is 0 Å². The van der Waals surface area contributed by atoms with E-state index in [-0.39, 0.29) is 5.95 Å². The van der Waals surface area contributed by atoms with Gasteiger partial charge in [0.2, 0.25) is 5.95 Å². The van der Waals surface area contributed by atoms with Gasteiger partial charge in [-0.05, 0) is 67.4 Å². The van der Waals surface area contributed by atoms with E-state index in [0.717, 1.165) is 30.9 Å². The standard InChI is InChI=1S/C23H18BrN5O2S/c1-13-10-16(24)11-14(2)20(13)32-21-19-18(8-9-28(19)3)26-22(27-21)29(23(30)31)17-6-4-15(12-25)5-7-17/h4-11H,1-3H3,(H,30,31). The first-order valence-electron chi connectivity index (χ1n) is 9.59. The maximum atomic E-state index is 12.2. The fourth-order valence-corrected chi connectivity index (χ4v) is 5.26. The molecule has 0 bridgehead atoms. The SMILES string of the molecule is Cc1cc(Br)cc(C)c1Sc1nc(N(C(=O)O)c2ccc(C#N)cc2)nc2ccn(C)c12. The highest BCUT2D eigenvalue weighted by molar-refractivity contribution is 9.10. The molecule has 0 unspecified atom stereocenters. The summed E-state index contributed by atoms with van der Waals surface area (Å²) in [6.45, 7) is 4.06. The molecule has 0 fully saturated rings. The highest BCUT2D eigenvalue weighted by atomic mass is 79.9. The number of anilines is 2. The summed E-state index contributed by atoms with van der Waals surface area (Å²) in [5.74, 6) is 0.0517. The Bertz CT molecular complexity index is 1370. The van der Waals surface area contributed by atoms with Crippen LogP contribution in [0.2, 0.25) is 0 Å². The molecule has 2 heterocycles. The molecule has 0 aliphatic carbocycles. The maximum absolute atomic E-state index is 12.2. The number of aryl methyl sites for hydroxylation is 3. The first-order chi connectivity index (χ1) is 15.3. The minimum Gasteiger partial charge on any atom is -0.464 e. The third-order valence-electron chi connectivity index (χ3n) is 4.95. The van der Waals surface area contributed by atoms with Gasteiger partial charge in [-0.1, -0.05) is 27.7 Å². The third-order valence-corrected chi connectivity index (χ3v) is 6.73. The highest BCUT2D eigenvalue weighted by Crippen LogP contribution is 2.38. The molecule has 4 aromatic rings. The molecule has 0 aliphatic heterocycles. The van der Waals surface area contributed by atoms with Crippen LogP contribution in [-0.4, -0.2) is 25.7 Å². The summed E-state index contributed by atoms with van der Waals surface area (Å²) in [4.78, 5) is 23.5. The zero-order chi connectivity index (χ0) is 23.0. The second-order valence-electron chi connectivity index (χ2n) is 7.24. The first-order valence-corrected chi connectivity index (χ1v) is 11.2. The second kappa shape index (κ2) is 8.65. The molecular weight excluding hydrogens is 490 g/mol. The zero-order valence-electron chi connectivity index (χ0n) is 17.5. The topological polar surface area (TPSA) is 95.0 Å². The van der Waals surface area contributed by atoms with Crippen LogP contribution in [0, 0.1) is 25.2 Å². The van der Waals surface area contributed by atoms with Crippen molar-refractivity contribution in [2.24, 2.45) is 7.05 Å². The lowest BCUT2D eigenvalue weighted by Gasteiger charge is -2.19. The van der Waals surface area contributed by atoms with Crippen molar-refractivity contribution in [1.29, 1.82) is 5.26 Å². The number of nitrogens with zero attached hydrogens (tertiary/aromatic N) is 5. The monoisotopic (exact) mass is 507 g/mol. The molecule has 7 nitrogen and oxygen atoms in total. The van der Waals surface area contributed by atoms with Crippen LogP contribution >= 0.6 is 27.7 Å². The Morgan fingerprint density at radius 2 is 1.81 bits per heavy atom. The molecule has 0 aliphatic rings. The Balaban J connectivity index is 1.88. The molecule has 0 spiro atoms. The summed E-state index contributed by atoms with van der Waals surface area (Å²) in [5, 5.41) is 19.6. The fraction of sp³-hybridized carbons (Fsp3) is 0.130. The summed E-state index contributed by atoms with van der Waals surface area (Å²) in [5.41, 5.74) is 4.45. The van der Waals surface area contributed by atoms with Gasteiger partial charge in [0.1, 0.15) is 5.03 Å². The van der Waals surface area contributed by atoms with Crippen molar-refractivity contribution in [3.63, 3.8) is 0 Å². The van der Waals surface area contributed by atoms with Crippen molar-refractivity contribution >= 4 is 56.5 Å². The van der Waals surface area contributed by atoms with Gasteiger partial charge in [0.15, 0.2) is 0 Å². The van der Waals surface area contributed by atoms with Crippen molar-refractivity contribution in [1.82, 2.24) is 14.5 Å². The van der Waals surface area contributed by atoms with Gasteiger partial charge in [-0.2, -0.15) is 5.26 Å². The number of halogens is 1. The number of rotatable bonds is 4. The molecule has 160 valence electrons. The lowest BCUT2D eigenvalue weighted by molar-refractivity contribution is 0.204. The number of carbonyl (C=O) groups is 1. The van der Waals surface area contributed by atoms with Crippen LogP contribution in [-0.2, 0) is 7.05 Å². The molecule has 9 heteroatoms. The van der Waals surface area contributed by atoms with Crippen molar-refractivity contribution in [2.45, 2.75) is 23.8 Å². The number of fused-ring (bicyclic) bond motifs is 1. The van der Waals surface area contributed by atoms with Gasteiger partial charge in [-0.3, -0.25) is 0 Å². The molecule has 1 N–H and O–H groups in total. The van der Waals surface area contributed by atoms with Gasteiger partial charge in [0.05, 0.1) is 28.4 Å². The van der Waals surface area contributed by atoms with Crippen LogP contribution in [0.5, 0.6) is 0 Å². The summed E-state index contributed by atoms with van der Waals surface area (Å²) in [6, 6.07) is 14.2. The van der Waals surface area contributed by atoms with E-state index >= 15 is 0 Å². The van der Waals surface area contributed by atoms with E-state index in [9.17, 15) is 9.90 Å². The summed E-state index contributed by atoms with van der Waals surface area (Å²) < 4.78 is 2.93. The van der Waals surface area contributed by atoms with E-state index < -0.39 is 6.09 Å². The number of hydrogen-bond donors (Lipinski definition) is 1. The van der Waals surface area contributed by atoms with E-state index in [1.165, 1.54) is 11.8 Å². The lowest BCUT2D eigenvalue weighted by atomic mass is 10.2. The average molecular weight is 508 g/mol. The quantitative estimate of drug-likeness (QED) is 0.331. The summed E-state index contributed by atoms with van der Waals surface area (Å²) in [6.07, 6.45) is 0.665. The van der Waals surface area contributed by atoms with Crippen LogP contribution in [0.1, 0.15) is 16.7 Å². The number of amides is 1. The molecule has 0 saturated carbocycles. The third kappa shape index (κ3) is 4.07. The summed E-state index contributed by atoms with van der Waals surface area (Å²) in [7, 11) is 1.91. The van der Waals surface area contributed by atoms with Crippen molar-refractivity contribution in [3.8, 4) is 6.07 Å². The first kappa shape index (κ1) is 21.9. The van der Waals surface area contributed by atoms with Crippen LogP contribution in [0.4, 0.5) is 16.4 Å². The van der Waals surface area contributed by atoms with Gasteiger partial charge >= 0.3 is 6.09 Å². The average Bonchev–Trinajstić information content (AvgIpc) is 3.12. The van der Waals surface area contributed by atoms with Crippen LogP contribution < -0.4 is 4.90 Å². The largest absolute Gasteiger partial charge is 0.464 e. The Morgan fingerprint density at radius 3 is 2.41 bits per heavy atom. The van der Waals surface area contributed by atoms with E-state index in [1.807, 2.05) is 55.9 Å².